The molecule has 0 saturated carbocycles. The summed E-state index contributed by atoms with van der Waals surface area (Å²) in [5.41, 5.74) is 6.06. The van der Waals surface area contributed by atoms with E-state index in [1.54, 1.807) is 0 Å². The predicted molar refractivity (Wildman–Crippen MR) is 46.1 cm³/mol. The lowest BCUT2D eigenvalue weighted by Gasteiger charge is -2.10. The predicted octanol–water partition coefficient (Wildman–Crippen LogP) is 0.416. The van der Waals surface area contributed by atoms with Gasteiger partial charge in [-0.05, 0) is 13.8 Å². The lowest BCUT2D eigenvalue weighted by atomic mass is 10.2. The molecule has 64 valence electrons. The minimum atomic E-state index is -0.272. The van der Waals surface area contributed by atoms with Crippen molar-refractivity contribution in [3.8, 4) is 0 Å². The number of rotatable bonds is 5. The van der Waals surface area contributed by atoms with Crippen LogP contribution >= 0.6 is 0 Å². The quantitative estimate of drug-likeness (QED) is 0.567. The summed E-state index contributed by atoms with van der Waals surface area (Å²) in [4.78, 5) is 10.4. The number of primary amides is 1. The van der Waals surface area contributed by atoms with Crippen LogP contribution in [0.5, 0.6) is 0 Å². The van der Waals surface area contributed by atoms with E-state index in [9.17, 15) is 4.79 Å². The molecule has 11 heavy (non-hydrogen) atoms. The third-order valence-electron chi connectivity index (χ3n) is 1.26. The largest absolute Gasteiger partial charge is 0.370 e. The number of nitrogens with one attached hydrogen (secondary N) is 1. The van der Waals surface area contributed by atoms with Crippen molar-refractivity contribution in [2.45, 2.75) is 26.3 Å². The van der Waals surface area contributed by atoms with E-state index in [0.29, 0.717) is 6.42 Å². The molecular weight excluding hydrogens is 140 g/mol. The van der Waals surface area contributed by atoms with Gasteiger partial charge in [0.05, 0.1) is 0 Å². The second-order valence-electron chi connectivity index (χ2n) is 2.91. The van der Waals surface area contributed by atoms with Gasteiger partial charge in [0.15, 0.2) is 0 Å². The summed E-state index contributed by atoms with van der Waals surface area (Å²) in [6, 6.07) is 0.143. The lowest BCUT2D eigenvalue weighted by Crippen LogP contribution is -2.31. The minimum absolute atomic E-state index is 0.143. The van der Waals surface area contributed by atoms with Gasteiger partial charge in [-0.2, -0.15) is 0 Å². The second kappa shape index (κ2) is 4.91. The highest BCUT2D eigenvalue weighted by atomic mass is 16.1. The van der Waals surface area contributed by atoms with Crippen molar-refractivity contribution >= 4 is 5.91 Å². The molecule has 0 saturated heterocycles. The van der Waals surface area contributed by atoms with Crippen LogP contribution in [0.1, 0.15) is 20.3 Å². The zero-order valence-corrected chi connectivity index (χ0v) is 7.18. The Kier molecular flexibility index (Phi) is 4.54. The van der Waals surface area contributed by atoms with E-state index in [1.165, 1.54) is 0 Å². The topological polar surface area (TPSA) is 55.1 Å². The number of carbonyl (C=O) groups excluding carboxylic acids is 1. The third-order valence-corrected chi connectivity index (χ3v) is 1.26. The SMILES string of the molecule is C=C(C)CNC(C)CC(N)=O. The van der Waals surface area contributed by atoms with Crippen molar-refractivity contribution in [1.82, 2.24) is 5.32 Å². The van der Waals surface area contributed by atoms with Crippen molar-refractivity contribution in [3.63, 3.8) is 0 Å². The fraction of sp³-hybridized carbons (Fsp3) is 0.625. The van der Waals surface area contributed by atoms with Crippen LogP contribution in [0, 0.1) is 0 Å². The molecule has 0 aliphatic rings. The van der Waals surface area contributed by atoms with Gasteiger partial charge in [0, 0.05) is 19.0 Å². The number of hydrogen-bond donors (Lipinski definition) is 2. The van der Waals surface area contributed by atoms with Crippen LogP contribution in [-0.4, -0.2) is 18.5 Å². The average Bonchev–Trinajstić information content (AvgIpc) is 1.82. The molecule has 0 aromatic rings. The first-order chi connectivity index (χ1) is 5.02. The number of nitrogens with two attached hydrogens (primary N) is 1. The monoisotopic (exact) mass is 156 g/mol. The van der Waals surface area contributed by atoms with E-state index in [4.69, 9.17) is 5.73 Å². The van der Waals surface area contributed by atoms with E-state index >= 15 is 0 Å². The minimum Gasteiger partial charge on any atom is -0.370 e. The van der Waals surface area contributed by atoms with E-state index < -0.39 is 0 Å². The smallest absolute Gasteiger partial charge is 0.218 e. The molecule has 0 aliphatic carbocycles. The van der Waals surface area contributed by atoms with E-state index in [-0.39, 0.29) is 11.9 Å². The van der Waals surface area contributed by atoms with Crippen molar-refractivity contribution < 1.29 is 4.79 Å². The molecule has 3 N–H and O–H groups in total. The first-order valence-electron chi connectivity index (χ1n) is 3.68. The van der Waals surface area contributed by atoms with Crippen molar-refractivity contribution in [3.05, 3.63) is 12.2 Å². The Morgan fingerprint density at radius 3 is 2.64 bits per heavy atom. The maximum absolute atomic E-state index is 10.4. The molecule has 0 rings (SSSR count). The van der Waals surface area contributed by atoms with E-state index in [1.807, 2.05) is 13.8 Å². The summed E-state index contributed by atoms with van der Waals surface area (Å²) < 4.78 is 0. The molecule has 1 atom stereocenters. The summed E-state index contributed by atoms with van der Waals surface area (Å²) in [7, 11) is 0. The Morgan fingerprint density at radius 2 is 2.27 bits per heavy atom. The van der Waals surface area contributed by atoms with Crippen molar-refractivity contribution in [2.24, 2.45) is 5.73 Å². The molecule has 0 radical (unpaired) electrons. The third kappa shape index (κ3) is 7.06. The van der Waals surface area contributed by atoms with E-state index in [0.717, 1.165) is 12.1 Å². The summed E-state index contributed by atoms with van der Waals surface area (Å²) in [6.07, 6.45) is 0.382. The molecule has 0 aromatic heterocycles. The Balaban J connectivity index is 3.44. The standard InChI is InChI=1S/C8H16N2O/c1-6(2)5-10-7(3)4-8(9)11/h7,10H,1,4-5H2,2-3H3,(H2,9,11). The summed E-state index contributed by atoms with van der Waals surface area (Å²) >= 11 is 0. The fourth-order valence-corrected chi connectivity index (χ4v) is 0.722. The molecule has 3 heteroatoms. The second-order valence-corrected chi connectivity index (χ2v) is 2.91. The maximum atomic E-state index is 10.4. The first-order valence-corrected chi connectivity index (χ1v) is 3.68. The Bertz CT molecular complexity index is 154. The van der Waals surface area contributed by atoms with Crippen LogP contribution < -0.4 is 11.1 Å². The zero-order valence-electron chi connectivity index (χ0n) is 7.18. The highest BCUT2D eigenvalue weighted by Gasteiger charge is 2.03. The van der Waals surface area contributed by atoms with Crippen LogP contribution in [0.15, 0.2) is 12.2 Å². The van der Waals surface area contributed by atoms with Crippen molar-refractivity contribution in [2.75, 3.05) is 6.54 Å². The lowest BCUT2D eigenvalue weighted by molar-refractivity contribution is -0.118. The molecule has 0 fully saturated rings. The van der Waals surface area contributed by atoms with Gasteiger partial charge in [-0.25, -0.2) is 0 Å². The zero-order chi connectivity index (χ0) is 8.85. The number of amides is 1. The van der Waals surface area contributed by atoms with Crippen LogP contribution in [0.3, 0.4) is 0 Å². The van der Waals surface area contributed by atoms with Crippen LogP contribution in [0.2, 0.25) is 0 Å². The summed E-state index contributed by atoms with van der Waals surface area (Å²) in [6.45, 7) is 8.33. The van der Waals surface area contributed by atoms with Crippen LogP contribution in [0.25, 0.3) is 0 Å². The normalized spacial score (nSPS) is 12.5. The van der Waals surface area contributed by atoms with Gasteiger partial charge in [0.1, 0.15) is 0 Å². The molecule has 3 nitrogen and oxygen atoms in total. The molecule has 0 bridgehead atoms. The molecule has 1 amide bonds. The highest BCUT2D eigenvalue weighted by Crippen LogP contribution is 1.90. The van der Waals surface area contributed by atoms with Crippen LogP contribution in [-0.2, 0) is 4.79 Å². The van der Waals surface area contributed by atoms with Gasteiger partial charge in [0.25, 0.3) is 0 Å². The van der Waals surface area contributed by atoms with Crippen LogP contribution in [0.4, 0.5) is 0 Å². The molecule has 0 heterocycles. The maximum Gasteiger partial charge on any atom is 0.218 e. The Hall–Kier alpha value is -0.830. The first kappa shape index (κ1) is 10.2. The van der Waals surface area contributed by atoms with Gasteiger partial charge < -0.3 is 11.1 Å². The molecular formula is C8H16N2O. The molecule has 1 unspecified atom stereocenters. The molecule has 0 aliphatic heterocycles. The van der Waals surface area contributed by atoms with Gasteiger partial charge in [-0.1, -0.05) is 12.2 Å². The average molecular weight is 156 g/mol. The summed E-state index contributed by atoms with van der Waals surface area (Å²) in [5.74, 6) is -0.272. The van der Waals surface area contributed by atoms with Gasteiger partial charge in [-0.15, -0.1) is 0 Å². The van der Waals surface area contributed by atoms with Crippen molar-refractivity contribution in [1.29, 1.82) is 0 Å². The Morgan fingerprint density at radius 1 is 1.73 bits per heavy atom. The van der Waals surface area contributed by atoms with E-state index in [2.05, 4.69) is 11.9 Å². The van der Waals surface area contributed by atoms with Gasteiger partial charge >= 0.3 is 0 Å². The molecule has 0 spiro atoms. The number of hydrogen-bond acceptors (Lipinski definition) is 2. The molecule has 0 aromatic carbocycles. The number of carbonyl (C=O) groups is 1. The highest BCUT2D eigenvalue weighted by molar-refractivity contribution is 5.74. The van der Waals surface area contributed by atoms with Gasteiger partial charge in [-0.3, -0.25) is 4.79 Å². The Labute approximate surface area is 67.7 Å². The summed E-state index contributed by atoms with van der Waals surface area (Å²) in [5, 5.41) is 3.11. The fourth-order valence-electron chi connectivity index (χ4n) is 0.722. The van der Waals surface area contributed by atoms with Gasteiger partial charge in [0.2, 0.25) is 5.91 Å².